The van der Waals surface area contributed by atoms with Crippen LogP contribution in [0.25, 0.3) is 0 Å². The summed E-state index contributed by atoms with van der Waals surface area (Å²) in [4.78, 5) is 2.62. The zero-order valence-corrected chi connectivity index (χ0v) is 13.6. The first-order valence-electron chi connectivity index (χ1n) is 8.14. The summed E-state index contributed by atoms with van der Waals surface area (Å²) in [5, 5.41) is 7.85. The summed E-state index contributed by atoms with van der Waals surface area (Å²) in [7, 11) is 2.00. The molecule has 0 spiro atoms. The number of likely N-dealkylation sites (tertiary alicyclic amines) is 1. The fourth-order valence-electron chi connectivity index (χ4n) is 3.39. The molecule has 1 aliphatic rings. The SMILES string of the molecule is Cn1nccc1CNCC1(C)CCCN1Cc1ccccc1. The van der Waals surface area contributed by atoms with Crippen molar-refractivity contribution in [2.24, 2.45) is 7.05 Å². The van der Waals surface area contributed by atoms with Crippen LogP contribution in [0.2, 0.25) is 0 Å². The monoisotopic (exact) mass is 298 g/mol. The molecule has 2 heterocycles. The van der Waals surface area contributed by atoms with Gasteiger partial charge in [-0.1, -0.05) is 30.3 Å². The number of aromatic nitrogens is 2. The molecule has 1 saturated heterocycles. The summed E-state index contributed by atoms with van der Waals surface area (Å²) in [5.41, 5.74) is 2.88. The standard InChI is InChI=1S/C18H26N4/c1-18(15-19-13-17-9-11-20-21(17)2)10-6-12-22(18)14-16-7-4-3-5-8-16/h3-5,7-9,11,19H,6,10,12-15H2,1-2H3. The molecule has 1 aromatic carbocycles. The molecule has 1 atom stereocenters. The summed E-state index contributed by atoms with van der Waals surface area (Å²) in [6.07, 6.45) is 4.41. The molecular weight excluding hydrogens is 272 g/mol. The second kappa shape index (κ2) is 6.63. The Kier molecular flexibility index (Phi) is 4.60. The maximum Gasteiger partial charge on any atom is 0.0518 e. The van der Waals surface area contributed by atoms with Gasteiger partial charge in [-0.15, -0.1) is 0 Å². The third-order valence-corrected chi connectivity index (χ3v) is 4.86. The van der Waals surface area contributed by atoms with E-state index in [-0.39, 0.29) is 5.54 Å². The summed E-state index contributed by atoms with van der Waals surface area (Å²) >= 11 is 0. The molecule has 2 aromatic rings. The lowest BCUT2D eigenvalue weighted by Gasteiger charge is -2.35. The van der Waals surface area contributed by atoms with Gasteiger partial charge in [-0.05, 0) is 37.9 Å². The Morgan fingerprint density at radius 2 is 2.05 bits per heavy atom. The molecule has 118 valence electrons. The Morgan fingerprint density at radius 1 is 1.23 bits per heavy atom. The van der Waals surface area contributed by atoms with Crippen LogP contribution in [-0.2, 0) is 20.1 Å². The lowest BCUT2D eigenvalue weighted by Crippen LogP contribution is -2.48. The van der Waals surface area contributed by atoms with Gasteiger partial charge in [-0.3, -0.25) is 9.58 Å². The van der Waals surface area contributed by atoms with E-state index in [1.807, 2.05) is 17.9 Å². The smallest absolute Gasteiger partial charge is 0.0518 e. The van der Waals surface area contributed by atoms with Gasteiger partial charge in [-0.2, -0.15) is 5.10 Å². The van der Waals surface area contributed by atoms with Crippen LogP contribution < -0.4 is 5.32 Å². The third-order valence-electron chi connectivity index (χ3n) is 4.86. The minimum Gasteiger partial charge on any atom is -0.309 e. The van der Waals surface area contributed by atoms with E-state index in [9.17, 15) is 0 Å². The topological polar surface area (TPSA) is 33.1 Å². The molecular formula is C18H26N4. The van der Waals surface area contributed by atoms with Crippen molar-refractivity contribution >= 4 is 0 Å². The number of aryl methyl sites for hydroxylation is 1. The molecule has 1 aromatic heterocycles. The number of hydrogen-bond donors (Lipinski definition) is 1. The lowest BCUT2D eigenvalue weighted by molar-refractivity contribution is 0.144. The van der Waals surface area contributed by atoms with Gasteiger partial charge in [0.25, 0.3) is 0 Å². The number of benzene rings is 1. The quantitative estimate of drug-likeness (QED) is 0.890. The Morgan fingerprint density at radius 3 is 2.77 bits per heavy atom. The van der Waals surface area contributed by atoms with Gasteiger partial charge in [0, 0.05) is 38.4 Å². The fraction of sp³-hybridized carbons (Fsp3) is 0.500. The van der Waals surface area contributed by atoms with Crippen molar-refractivity contribution in [2.75, 3.05) is 13.1 Å². The Labute approximate surface area is 133 Å². The van der Waals surface area contributed by atoms with Gasteiger partial charge in [0.15, 0.2) is 0 Å². The van der Waals surface area contributed by atoms with Gasteiger partial charge < -0.3 is 5.32 Å². The van der Waals surface area contributed by atoms with E-state index in [4.69, 9.17) is 0 Å². The van der Waals surface area contributed by atoms with Crippen LogP contribution in [0, 0.1) is 0 Å². The largest absolute Gasteiger partial charge is 0.309 e. The molecule has 4 heteroatoms. The van der Waals surface area contributed by atoms with Crippen LogP contribution in [0.1, 0.15) is 31.0 Å². The van der Waals surface area contributed by atoms with Crippen molar-refractivity contribution in [3.05, 3.63) is 53.9 Å². The van der Waals surface area contributed by atoms with E-state index in [1.54, 1.807) is 0 Å². The van der Waals surface area contributed by atoms with Crippen molar-refractivity contribution in [3.63, 3.8) is 0 Å². The highest BCUT2D eigenvalue weighted by Crippen LogP contribution is 2.30. The Bertz CT molecular complexity index is 592. The number of nitrogens with zero attached hydrogens (tertiary/aromatic N) is 3. The van der Waals surface area contributed by atoms with Crippen LogP contribution in [0.4, 0.5) is 0 Å². The zero-order valence-electron chi connectivity index (χ0n) is 13.6. The first-order valence-corrected chi connectivity index (χ1v) is 8.14. The predicted octanol–water partition coefficient (Wildman–Crippen LogP) is 2.56. The van der Waals surface area contributed by atoms with Crippen molar-refractivity contribution in [1.82, 2.24) is 20.0 Å². The molecule has 0 aliphatic carbocycles. The summed E-state index contributed by atoms with van der Waals surface area (Å²) in [6.45, 7) is 6.53. The van der Waals surface area contributed by atoms with E-state index >= 15 is 0 Å². The van der Waals surface area contributed by atoms with Gasteiger partial charge in [-0.25, -0.2) is 0 Å². The zero-order chi connectivity index (χ0) is 15.4. The summed E-state index contributed by atoms with van der Waals surface area (Å²) in [5.74, 6) is 0. The Balaban J connectivity index is 1.57. The molecule has 0 saturated carbocycles. The predicted molar refractivity (Wildman–Crippen MR) is 89.4 cm³/mol. The van der Waals surface area contributed by atoms with Crippen molar-refractivity contribution in [3.8, 4) is 0 Å². The molecule has 1 aliphatic heterocycles. The maximum absolute atomic E-state index is 4.22. The first-order chi connectivity index (χ1) is 10.7. The summed E-state index contributed by atoms with van der Waals surface area (Å²) in [6, 6.07) is 12.9. The van der Waals surface area contributed by atoms with E-state index in [1.165, 1.54) is 30.6 Å². The number of nitrogens with one attached hydrogen (secondary N) is 1. The van der Waals surface area contributed by atoms with Crippen LogP contribution in [0.3, 0.4) is 0 Å². The second-order valence-electron chi connectivity index (χ2n) is 6.56. The van der Waals surface area contributed by atoms with Gasteiger partial charge in [0.2, 0.25) is 0 Å². The van der Waals surface area contributed by atoms with Crippen molar-refractivity contribution < 1.29 is 0 Å². The number of hydrogen-bond acceptors (Lipinski definition) is 3. The highest BCUT2D eigenvalue weighted by molar-refractivity contribution is 5.15. The van der Waals surface area contributed by atoms with E-state index in [0.717, 1.165) is 19.6 Å². The van der Waals surface area contributed by atoms with Crippen molar-refractivity contribution in [1.29, 1.82) is 0 Å². The van der Waals surface area contributed by atoms with Gasteiger partial charge >= 0.3 is 0 Å². The van der Waals surface area contributed by atoms with Gasteiger partial charge in [0.05, 0.1) is 5.69 Å². The van der Waals surface area contributed by atoms with Crippen LogP contribution in [0.15, 0.2) is 42.6 Å². The van der Waals surface area contributed by atoms with E-state index in [0.29, 0.717) is 0 Å². The molecule has 22 heavy (non-hydrogen) atoms. The molecule has 1 unspecified atom stereocenters. The van der Waals surface area contributed by atoms with Gasteiger partial charge in [0.1, 0.15) is 0 Å². The normalized spacial score (nSPS) is 22.3. The first kappa shape index (κ1) is 15.3. The lowest BCUT2D eigenvalue weighted by atomic mass is 9.98. The van der Waals surface area contributed by atoms with Crippen LogP contribution in [-0.4, -0.2) is 33.3 Å². The van der Waals surface area contributed by atoms with Crippen LogP contribution >= 0.6 is 0 Å². The molecule has 4 nitrogen and oxygen atoms in total. The second-order valence-corrected chi connectivity index (χ2v) is 6.56. The number of rotatable bonds is 6. The highest BCUT2D eigenvalue weighted by Gasteiger charge is 2.35. The molecule has 1 N–H and O–H groups in total. The van der Waals surface area contributed by atoms with Crippen LogP contribution in [0.5, 0.6) is 0 Å². The molecule has 1 fully saturated rings. The molecule has 3 rings (SSSR count). The molecule has 0 bridgehead atoms. The molecule has 0 radical (unpaired) electrons. The maximum atomic E-state index is 4.22. The average molecular weight is 298 g/mol. The average Bonchev–Trinajstić information content (AvgIpc) is 3.08. The van der Waals surface area contributed by atoms with E-state index < -0.39 is 0 Å². The summed E-state index contributed by atoms with van der Waals surface area (Å²) < 4.78 is 1.94. The fourth-order valence-corrected chi connectivity index (χ4v) is 3.39. The Hall–Kier alpha value is -1.65. The molecule has 0 amide bonds. The highest BCUT2D eigenvalue weighted by atomic mass is 15.3. The minimum absolute atomic E-state index is 0.244. The third kappa shape index (κ3) is 3.39. The van der Waals surface area contributed by atoms with Crippen molar-refractivity contribution in [2.45, 2.75) is 38.4 Å². The minimum atomic E-state index is 0.244. The van der Waals surface area contributed by atoms with E-state index in [2.05, 4.69) is 58.6 Å².